The second kappa shape index (κ2) is 7.72. The minimum Gasteiger partial charge on any atom is -0.456 e. The predicted octanol–water partition coefficient (Wildman–Crippen LogP) is 3.68. The van der Waals surface area contributed by atoms with E-state index in [1.165, 1.54) is 0 Å². The number of rotatable bonds is 3. The standard InChI is InChI=1S/C13H13F3N2O2.C2H6/c14-13(15,16)10-6-11(18(17)7-10)12(19)20-8-9-4-2-1-3-5-9;1-2/h1-2,4,6-7H,3,5,8,17H2;1-2H3. The number of halogens is 3. The first-order chi connectivity index (χ1) is 10.4. The number of nitrogens with zero attached hydrogens (tertiary/aromatic N) is 1. The quantitative estimate of drug-likeness (QED) is 0.683. The summed E-state index contributed by atoms with van der Waals surface area (Å²) in [5.41, 5.74) is -0.400. The van der Waals surface area contributed by atoms with Crippen molar-refractivity contribution in [1.29, 1.82) is 0 Å². The van der Waals surface area contributed by atoms with Crippen molar-refractivity contribution in [3.63, 3.8) is 0 Å². The first kappa shape index (κ1) is 17.9. The first-order valence-electron chi connectivity index (χ1n) is 6.94. The third kappa shape index (κ3) is 4.68. The van der Waals surface area contributed by atoms with E-state index in [-0.39, 0.29) is 12.3 Å². The third-order valence-corrected chi connectivity index (χ3v) is 2.87. The van der Waals surface area contributed by atoms with E-state index in [4.69, 9.17) is 10.6 Å². The number of alkyl halides is 3. The van der Waals surface area contributed by atoms with Crippen LogP contribution < -0.4 is 5.84 Å². The zero-order chi connectivity index (χ0) is 16.8. The van der Waals surface area contributed by atoms with Gasteiger partial charge in [-0.05, 0) is 24.5 Å². The lowest BCUT2D eigenvalue weighted by Gasteiger charge is -2.10. The monoisotopic (exact) mass is 316 g/mol. The molecule has 1 aromatic heterocycles. The summed E-state index contributed by atoms with van der Waals surface area (Å²) in [6.45, 7) is 4.05. The Bertz CT molecular complexity index is 572. The maximum Gasteiger partial charge on any atom is 0.417 e. The number of aromatic nitrogens is 1. The zero-order valence-corrected chi connectivity index (χ0v) is 12.5. The Labute approximate surface area is 127 Å². The molecule has 0 saturated heterocycles. The molecule has 2 rings (SSSR count). The molecule has 0 unspecified atom stereocenters. The molecule has 0 spiro atoms. The maximum absolute atomic E-state index is 12.5. The van der Waals surface area contributed by atoms with Gasteiger partial charge in [0.05, 0.1) is 5.56 Å². The Morgan fingerprint density at radius 1 is 1.41 bits per heavy atom. The lowest BCUT2D eigenvalue weighted by Crippen LogP contribution is -2.18. The van der Waals surface area contributed by atoms with Crippen molar-refractivity contribution in [3.8, 4) is 0 Å². The second-order valence-corrected chi connectivity index (χ2v) is 4.39. The third-order valence-electron chi connectivity index (χ3n) is 2.87. The molecule has 122 valence electrons. The van der Waals surface area contributed by atoms with Crippen LogP contribution in [0.4, 0.5) is 13.2 Å². The summed E-state index contributed by atoms with van der Waals surface area (Å²) in [5, 5.41) is 0. The summed E-state index contributed by atoms with van der Waals surface area (Å²) in [7, 11) is 0. The van der Waals surface area contributed by atoms with E-state index >= 15 is 0 Å². The molecule has 1 aromatic rings. The Morgan fingerprint density at radius 2 is 2.09 bits per heavy atom. The molecule has 0 fully saturated rings. The van der Waals surface area contributed by atoms with E-state index in [2.05, 4.69) is 0 Å². The van der Waals surface area contributed by atoms with Crippen LogP contribution in [0.5, 0.6) is 0 Å². The van der Waals surface area contributed by atoms with Gasteiger partial charge in [-0.15, -0.1) is 0 Å². The van der Waals surface area contributed by atoms with Gasteiger partial charge in [0.2, 0.25) is 0 Å². The van der Waals surface area contributed by atoms with Crippen LogP contribution in [0.3, 0.4) is 0 Å². The molecule has 0 bridgehead atoms. The molecule has 2 N–H and O–H groups in total. The van der Waals surface area contributed by atoms with Gasteiger partial charge in [-0.25, -0.2) is 4.79 Å². The lowest BCUT2D eigenvalue weighted by atomic mass is 10.1. The Hall–Kier alpha value is -2.18. The van der Waals surface area contributed by atoms with Gasteiger partial charge in [0.1, 0.15) is 12.3 Å². The Balaban J connectivity index is 0.00000116. The fourth-order valence-electron chi connectivity index (χ4n) is 1.80. The van der Waals surface area contributed by atoms with Crippen molar-refractivity contribution in [2.45, 2.75) is 32.9 Å². The highest BCUT2D eigenvalue weighted by Gasteiger charge is 2.33. The molecule has 0 atom stereocenters. The number of allylic oxidation sites excluding steroid dienone is 3. The van der Waals surface area contributed by atoms with Gasteiger partial charge in [-0.2, -0.15) is 13.2 Å². The SMILES string of the molecule is CC.Nn1cc(C(F)(F)F)cc1C(=O)OCC1=CC=CCC1. The van der Waals surface area contributed by atoms with E-state index < -0.39 is 17.7 Å². The molecule has 0 amide bonds. The number of nitrogens with two attached hydrogens (primary N) is 1. The second-order valence-electron chi connectivity index (χ2n) is 4.39. The highest BCUT2D eigenvalue weighted by molar-refractivity contribution is 5.88. The van der Waals surface area contributed by atoms with Crippen LogP contribution in [0, 0.1) is 0 Å². The van der Waals surface area contributed by atoms with Crippen LogP contribution in [0.25, 0.3) is 0 Å². The molecule has 22 heavy (non-hydrogen) atoms. The fraction of sp³-hybridized carbons (Fsp3) is 0.400. The predicted molar refractivity (Wildman–Crippen MR) is 77.7 cm³/mol. The van der Waals surface area contributed by atoms with Crippen molar-refractivity contribution in [2.24, 2.45) is 0 Å². The molecule has 1 heterocycles. The van der Waals surface area contributed by atoms with Crippen LogP contribution in [0.2, 0.25) is 0 Å². The molecule has 0 radical (unpaired) electrons. The summed E-state index contributed by atoms with van der Waals surface area (Å²) >= 11 is 0. The van der Waals surface area contributed by atoms with Gasteiger partial charge in [0, 0.05) is 6.20 Å². The average Bonchev–Trinajstić information content (AvgIpc) is 2.90. The molecule has 0 saturated carbocycles. The van der Waals surface area contributed by atoms with Crippen LogP contribution in [0.1, 0.15) is 42.7 Å². The average molecular weight is 316 g/mol. The summed E-state index contributed by atoms with van der Waals surface area (Å²) in [5.74, 6) is 4.46. The van der Waals surface area contributed by atoms with Crippen molar-refractivity contribution in [2.75, 3.05) is 12.4 Å². The Kier molecular flexibility index (Phi) is 6.27. The van der Waals surface area contributed by atoms with Crippen LogP contribution in [-0.4, -0.2) is 17.3 Å². The fourth-order valence-corrected chi connectivity index (χ4v) is 1.80. The smallest absolute Gasteiger partial charge is 0.417 e. The number of carbonyl (C=O) groups excluding carboxylic acids is 1. The van der Waals surface area contributed by atoms with Gasteiger partial charge in [0.15, 0.2) is 0 Å². The minimum atomic E-state index is -4.55. The topological polar surface area (TPSA) is 57.2 Å². The van der Waals surface area contributed by atoms with Gasteiger partial charge in [-0.1, -0.05) is 32.1 Å². The van der Waals surface area contributed by atoms with E-state index in [1.807, 2.05) is 32.1 Å². The number of carbonyl (C=O) groups is 1. The van der Waals surface area contributed by atoms with Gasteiger partial charge in [-0.3, -0.25) is 4.68 Å². The van der Waals surface area contributed by atoms with Gasteiger partial charge < -0.3 is 10.6 Å². The zero-order valence-electron chi connectivity index (χ0n) is 12.5. The molecule has 1 aliphatic rings. The van der Waals surface area contributed by atoms with E-state index in [9.17, 15) is 18.0 Å². The van der Waals surface area contributed by atoms with Crippen molar-refractivity contribution < 1.29 is 22.7 Å². The Morgan fingerprint density at radius 3 is 2.59 bits per heavy atom. The van der Waals surface area contributed by atoms with Gasteiger partial charge in [0.25, 0.3) is 0 Å². The molecule has 0 aromatic carbocycles. The van der Waals surface area contributed by atoms with E-state index in [0.717, 1.165) is 18.4 Å². The summed E-state index contributed by atoms with van der Waals surface area (Å²) in [6, 6.07) is 0.678. The number of esters is 1. The maximum atomic E-state index is 12.5. The summed E-state index contributed by atoms with van der Waals surface area (Å²) < 4.78 is 43.0. The van der Waals surface area contributed by atoms with E-state index in [1.54, 1.807) is 0 Å². The minimum absolute atomic E-state index is 0.0513. The van der Waals surface area contributed by atoms with Crippen molar-refractivity contribution >= 4 is 5.97 Å². The molecule has 7 heteroatoms. The van der Waals surface area contributed by atoms with Crippen molar-refractivity contribution in [1.82, 2.24) is 4.68 Å². The highest BCUT2D eigenvalue weighted by atomic mass is 19.4. The van der Waals surface area contributed by atoms with Crippen molar-refractivity contribution in [3.05, 3.63) is 47.3 Å². The molecular weight excluding hydrogens is 297 g/mol. The molecule has 0 aliphatic heterocycles. The number of nitrogen functional groups attached to an aromatic ring is 1. The molecular formula is C15H19F3N2O2. The summed E-state index contributed by atoms with van der Waals surface area (Å²) in [6.07, 6.45) is 3.37. The first-order valence-corrected chi connectivity index (χ1v) is 6.94. The lowest BCUT2D eigenvalue weighted by molar-refractivity contribution is -0.137. The number of hydrogen-bond acceptors (Lipinski definition) is 3. The van der Waals surface area contributed by atoms with Crippen LogP contribution in [0.15, 0.2) is 36.1 Å². The summed E-state index contributed by atoms with van der Waals surface area (Å²) in [4.78, 5) is 11.7. The number of ether oxygens (including phenoxy) is 1. The van der Waals surface area contributed by atoms with E-state index in [0.29, 0.717) is 16.9 Å². The largest absolute Gasteiger partial charge is 0.456 e. The molecule has 4 nitrogen and oxygen atoms in total. The van der Waals surface area contributed by atoms with Gasteiger partial charge >= 0.3 is 12.1 Å². The van der Waals surface area contributed by atoms with Crippen LogP contribution >= 0.6 is 0 Å². The van der Waals surface area contributed by atoms with Crippen LogP contribution in [-0.2, 0) is 10.9 Å². The highest BCUT2D eigenvalue weighted by Crippen LogP contribution is 2.30. The number of hydrogen-bond donors (Lipinski definition) is 1. The molecule has 1 aliphatic carbocycles. The normalized spacial score (nSPS) is 14.0.